The Hall–Kier alpha value is -2.07. The molecule has 2 aromatic rings. The zero-order valence-electron chi connectivity index (χ0n) is 9.00. The number of rotatable bonds is 0. The number of halogens is 1. The minimum Gasteiger partial charge on any atom is -0.207 e. The molecule has 0 fully saturated rings. The third kappa shape index (κ3) is 2.71. The van der Waals surface area contributed by atoms with Crippen molar-refractivity contribution in [2.45, 2.75) is 6.92 Å². The van der Waals surface area contributed by atoms with Crippen molar-refractivity contribution >= 4 is 0 Å². The maximum absolute atomic E-state index is 12.9. The van der Waals surface area contributed by atoms with E-state index in [1.54, 1.807) is 12.1 Å². The smallest absolute Gasteiger partial charge is 0.124 e. The summed E-state index contributed by atoms with van der Waals surface area (Å²) in [4.78, 5) is 0. The predicted octanol–water partition coefficient (Wildman–Crippen LogP) is 3.53. The predicted molar refractivity (Wildman–Crippen MR) is 63.6 cm³/mol. The van der Waals surface area contributed by atoms with Crippen molar-refractivity contribution in [1.29, 1.82) is 0 Å². The van der Waals surface area contributed by atoms with E-state index in [2.05, 4.69) is 11.8 Å². The molecule has 0 amide bonds. The molecular formula is C15H11F. The second-order valence-corrected chi connectivity index (χ2v) is 3.63. The van der Waals surface area contributed by atoms with Crippen LogP contribution < -0.4 is 0 Å². The van der Waals surface area contributed by atoms with Gasteiger partial charge < -0.3 is 0 Å². The minimum atomic E-state index is -0.254. The lowest BCUT2D eigenvalue weighted by atomic mass is 10.1. The Kier molecular flexibility index (Phi) is 3.03. The summed E-state index contributed by atoms with van der Waals surface area (Å²) in [5.74, 6) is 5.68. The van der Waals surface area contributed by atoms with Gasteiger partial charge >= 0.3 is 0 Å². The zero-order valence-corrected chi connectivity index (χ0v) is 9.00. The molecule has 0 atom stereocenters. The van der Waals surface area contributed by atoms with E-state index >= 15 is 0 Å². The Labute approximate surface area is 94.7 Å². The maximum Gasteiger partial charge on any atom is 0.124 e. The van der Waals surface area contributed by atoms with Crippen molar-refractivity contribution in [3.8, 4) is 11.8 Å². The second kappa shape index (κ2) is 4.63. The standard InChI is InChI=1S/C15H11F/c1-12-5-7-13(8-6-12)9-10-14-3-2-4-15(16)11-14/h2-8,11H,1H3. The molecule has 0 spiro atoms. The fraction of sp³-hybridized carbons (Fsp3) is 0.0667. The molecule has 0 saturated carbocycles. The van der Waals surface area contributed by atoms with Gasteiger partial charge in [-0.1, -0.05) is 35.6 Å². The molecule has 0 N–H and O–H groups in total. The van der Waals surface area contributed by atoms with Crippen molar-refractivity contribution in [2.24, 2.45) is 0 Å². The summed E-state index contributed by atoms with van der Waals surface area (Å²) in [5, 5.41) is 0. The van der Waals surface area contributed by atoms with Gasteiger partial charge in [-0.2, -0.15) is 0 Å². The lowest BCUT2D eigenvalue weighted by Crippen LogP contribution is -1.78. The lowest BCUT2D eigenvalue weighted by molar-refractivity contribution is 0.627. The van der Waals surface area contributed by atoms with Gasteiger partial charge in [0.2, 0.25) is 0 Å². The maximum atomic E-state index is 12.9. The van der Waals surface area contributed by atoms with Gasteiger partial charge in [0.15, 0.2) is 0 Å². The molecule has 0 aromatic heterocycles. The highest BCUT2D eigenvalue weighted by Gasteiger charge is 1.90. The molecular weight excluding hydrogens is 199 g/mol. The fourth-order valence-corrected chi connectivity index (χ4v) is 1.35. The normalized spacial score (nSPS) is 9.38. The molecule has 78 valence electrons. The first-order valence-electron chi connectivity index (χ1n) is 5.08. The van der Waals surface area contributed by atoms with E-state index in [0.717, 1.165) is 5.56 Å². The van der Waals surface area contributed by atoms with Crippen LogP contribution in [-0.4, -0.2) is 0 Å². The van der Waals surface area contributed by atoms with Gasteiger partial charge in [-0.25, -0.2) is 4.39 Å². The van der Waals surface area contributed by atoms with Crippen LogP contribution in [0.4, 0.5) is 4.39 Å². The molecule has 0 aliphatic rings. The number of hydrogen-bond acceptors (Lipinski definition) is 0. The molecule has 0 radical (unpaired) electrons. The zero-order chi connectivity index (χ0) is 11.4. The third-order valence-corrected chi connectivity index (χ3v) is 2.23. The molecule has 16 heavy (non-hydrogen) atoms. The fourth-order valence-electron chi connectivity index (χ4n) is 1.35. The van der Waals surface area contributed by atoms with E-state index in [1.165, 1.54) is 17.7 Å². The molecule has 0 aliphatic heterocycles. The topological polar surface area (TPSA) is 0 Å². The van der Waals surface area contributed by atoms with Crippen molar-refractivity contribution in [3.05, 3.63) is 71.0 Å². The number of benzene rings is 2. The van der Waals surface area contributed by atoms with Gasteiger partial charge in [0, 0.05) is 11.1 Å². The first-order chi connectivity index (χ1) is 7.74. The highest BCUT2D eigenvalue weighted by atomic mass is 19.1. The van der Waals surface area contributed by atoms with Crippen LogP contribution in [0.3, 0.4) is 0 Å². The Balaban J connectivity index is 2.25. The molecule has 0 unspecified atom stereocenters. The summed E-state index contributed by atoms with van der Waals surface area (Å²) in [7, 11) is 0. The summed E-state index contributed by atoms with van der Waals surface area (Å²) >= 11 is 0. The van der Waals surface area contributed by atoms with Gasteiger partial charge in [-0.05, 0) is 37.3 Å². The molecule has 2 rings (SSSR count). The summed E-state index contributed by atoms with van der Waals surface area (Å²) in [6, 6.07) is 14.2. The van der Waals surface area contributed by atoms with Crippen LogP contribution in [0.1, 0.15) is 16.7 Å². The lowest BCUT2D eigenvalue weighted by Gasteiger charge is -1.92. The summed E-state index contributed by atoms with van der Waals surface area (Å²) < 4.78 is 12.9. The molecule has 0 nitrogen and oxygen atoms in total. The van der Waals surface area contributed by atoms with E-state index in [4.69, 9.17) is 0 Å². The van der Waals surface area contributed by atoms with Crippen LogP contribution in [0.5, 0.6) is 0 Å². The SMILES string of the molecule is Cc1ccc(C#Cc2cccc(F)c2)cc1. The summed E-state index contributed by atoms with van der Waals surface area (Å²) in [6.45, 7) is 2.03. The van der Waals surface area contributed by atoms with Crippen LogP contribution in [0.2, 0.25) is 0 Å². The van der Waals surface area contributed by atoms with Gasteiger partial charge in [-0.15, -0.1) is 0 Å². The van der Waals surface area contributed by atoms with Crippen molar-refractivity contribution in [3.63, 3.8) is 0 Å². The monoisotopic (exact) mass is 210 g/mol. The van der Waals surface area contributed by atoms with Crippen LogP contribution >= 0.6 is 0 Å². The summed E-state index contributed by atoms with van der Waals surface area (Å²) in [5.41, 5.74) is 2.84. The molecule has 0 heterocycles. The average molecular weight is 210 g/mol. The van der Waals surface area contributed by atoms with E-state index < -0.39 is 0 Å². The largest absolute Gasteiger partial charge is 0.207 e. The van der Waals surface area contributed by atoms with Gasteiger partial charge in [0.25, 0.3) is 0 Å². The van der Waals surface area contributed by atoms with Crippen molar-refractivity contribution in [2.75, 3.05) is 0 Å². The first-order valence-corrected chi connectivity index (χ1v) is 5.08. The molecule has 2 aromatic carbocycles. The van der Waals surface area contributed by atoms with Crippen molar-refractivity contribution < 1.29 is 4.39 Å². The van der Waals surface area contributed by atoms with E-state index in [0.29, 0.717) is 5.56 Å². The van der Waals surface area contributed by atoms with E-state index in [-0.39, 0.29) is 5.82 Å². The Morgan fingerprint density at radius 3 is 2.25 bits per heavy atom. The first kappa shape index (κ1) is 10.4. The average Bonchev–Trinajstić information content (AvgIpc) is 2.28. The van der Waals surface area contributed by atoms with Crippen LogP contribution in [0.15, 0.2) is 48.5 Å². The van der Waals surface area contributed by atoms with Gasteiger partial charge in [0.05, 0.1) is 0 Å². The number of aryl methyl sites for hydroxylation is 1. The van der Waals surface area contributed by atoms with Crippen LogP contribution in [0.25, 0.3) is 0 Å². The Morgan fingerprint density at radius 2 is 1.56 bits per heavy atom. The molecule has 1 heteroatoms. The van der Waals surface area contributed by atoms with E-state index in [9.17, 15) is 4.39 Å². The highest BCUT2D eigenvalue weighted by molar-refractivity contribution is 5.43. The van der Waals surface area contributed by atoms with Crippen LogP contribution in [0, 0.1) is 24.6 Å². The van der Waals surface area contributed by atoms with Gasteiger partial charge in [0.1, 0.15) is 5.82 Å². The third-order valence-electron chi connectivity index (χ3n) is 2.23. The molecule has 0 saturated heterocycles. The number of hydrogen-bond donors (Lipinski definition) is 0. The van der Waals surface area contributed by atoms with E-state index in [1.807, 2.05) is 31.2 Å². The Bertz CT molecular complexity index is 542. The highest BCUT2D eigenvalue weighted by Crippen LogP contribution is 2.04. The Morgan fingerprint density at radius 1 is 0.875 bits per heavy atom. The van der Waals surface area contributed by atoms with Gasteiger partial charge in [-0.3, -0.25) is 0 Å². The molecule has 0 bridgehead atoms. The van der Waals surface area contributed by atoms with Crippen LogP contribution in [-0.2, 0) is 0 Å². The molecule has 0 aliphatic carbocycles. The quantitative estimate of drug-likeness (QED) is 0.583. The summed E-state index contributed by atoms with van der Waals surface area (Å²) in [6.07, 6.45) is 0. The van der Waals surface area contributed by atoms with Crippen molar-refractivity contribution in [1.82, 2.24) is 0 Å². The second-order valence-electron chi connectivity index (χ2n) is 3.63. The minimum absolute atomic E-state index is 0.254.